The van der Waals surface area contributed by atoms with E-state index in [9.17, 15) is 9.59 Å². The molecule has 6 nitrogen and oxygen atoms in total. The van der Waals surface area contributed by atoms with Crippen LogP contribution in [0.5, 0.6) is 0 Å². The molecule has 3 unspecified atom stereocenters. The van der Waals surface area contributed by atoms with E-state index >= 15 is 0 Å². The largest absolute Gasteiger partial charge is 0.354 e. The van der Waals surface area contributed by atoms with Gasteiger partial charge in [0, 0.05) is 26.2 Å². The number of benzene rings is 1. The molecule has 1 aromatic rings. The number of nitrogens with zero attached hydrogens (tertiary/aromatic N) is 1. The van der Waals surface area contributed by atoms with E-state index in [4.69, 9.17) is 5.73 Å². The minimum Gasteiger partial charge on any atom is -0.354 e. The topological polar surface area (TPSA) is 87.5 Å². The molecule has 2 aliphatic rings. The lowest BCUT2D eigenvalue weighted by Crippen LogP contribution is -2.48. The van der Waals surface area contributed by atoms with Gasteiger partial charge in [-0.3, -0.25) is 9.59 Å². The molecule has 2 aliphatic heterocycles. The average molecular weight is 358 g/mol. The molecule has 0 spiro atoms. The molecule has 0 aromatic heterocycles. The first-order valence-corrected chi connectivity index (χ1v) is 9.74. The van der Waals surface area contributed by atoms with Gasteiger partial charge in [0.15, 0.2) is 0 Å². The van der Waals surface area contributed by atoms with Gasteiger partial charge in [0.2, 0.25) is 11.8 Å². The predicted molar refractivity (Wildman–Crippen MR) is 102 cm³/mol. The van der Waals surface area contributed by atoms with Gasteiger partial charge >= 0.3 is 0 Å². The first-order valence-electron chi connectivity index (χ1n) is 9.74. The number of likely N-dealkylation sites (tertiary alicyclic amines) is 1. The molecule has 2 amide bonds. The third-order valence-electron chi connectivity index (χ3n) is 5.51. The maximum atomic E-state index is 13.0. The molecule has 26 heavy (non-hydrogen) atoms. The number of nitrogens with one attached hydrogen (secondary N) is 2. The fourth-order valence-electron chi connectivity index (χ4n) is 3.99. The molecule has 4 N–H and O–H groups in total. The average Bonchev–Trinajstić information content (AvgIpc) is 3.23. The smallest absolute Gasteiger partial charge is 0.237 e. The second kappa shape index (κ2) is 9.14. The molecular weight excluding hydrogens is 328 g/mol. The fraction of sp³-hybridized carbons (Fsp3) is 0.600. The Balaban J connectivity index is 1.53. The fourth-order valence-corrected chi connectivity index (χ4v) is 3.99. The van der Waals surface area contributed by atoms with Crippen LogP contribution in [0.15, 0.2) is 30.3 Å². The van der Waals surface area contributed by atoms with E-state index in [1.165, 1.54) is 0 Å². The van der Waals surface area contributed by atoms with Crippen LogP contribution in [0.1, 0.15) is 37.2 Å². The van der Waals surface area contributed by atoms with Crippen LogP contribution < -0.4 is 16.4 Å². The quantitative estimate of drug-likeness (QED) is 0.703. The highest BCUT2D eigenvalue weighted by Crippen LogP contribution is 2.22. The number of amides is 2. The van der Waals surface area contributed by atoms with E-state index in [0.29, 0.717) is 25.6 Å². The van der Waals surface area contributed by atoms with Gasteiger partial charge in [0.05, 0.1) is 12.0 Å². The molecule has 2 fully saturated rings. The van der Waals surface area contributed by atoms with Crippen LogP contribution in [0.3, 0.4) is 0 Å². The Labute approximate surface area is 155 Å². The number of hydrogen-bond donors (Lipinski definition) is 3. The van der Waals surface area contributed by atoms with E-state index in [-0.39, 0.29) is 23.8 Å². The maximum absolute atomic E-state index is 13.0. The summed E-state index contributed by atoms with van der Waals surface area (Å²) in [5.41, 5.74) is 6.88. The zero-order valence-corrected chi connectivity index (χ0v) is 15.3. The molecule has 6 heteroatoms. The number of rotatable bonds is 6. The normalized spacial score (nSPS) is 24.3. The van der Waals surface area contributed by atoms with Crippen molar-refractivity contribution in [2.45, 2.75) is 37.6 Å². The number of nitrogens with two attached hydrogens (primary N) is 1. The summed E-state index contributed by atoms with van der Waals surface area (Å²) >= 11 is 0. The summed E-state index contributed by atoms with van der Waals surface area (Å²) in [5, 5.41) is 6.29. The summed E-state index contributed by atoms with van der Waals surface area (Å²) in [5.74, 6) is 0.224. The van der Waals surface area contributed by atoms with E-state index in [1.54, 1.807) is 0 Å². The Morgan fingerprint density at radius 2 is 2.04 bits per heavy atom. The molecule has 2 heterocycles. The summed E-state index contributed by atoms with van der Waals surface area (Å²) in [6.07, 6.45) is 3.99. The highest BCUT2D eigenvalue weighted by atomic mass is 16.2. The molecule has 142 valence electrons. The number of carbonyl (C=O) groups is 2. The Morgan fingerprint density at radius 1 is 1.23 bits per heavy atom. The van der Waals surface area contributed by atoms with Gasteiger partial charge < -0.3 is 21.3 Å². The van der Waals surface area contributed by atoms with Gasteiger partial charge in [0.1, 0.15) is 0 Å². The molecule has 1 aromatic carbocycles. The Morgan fingerprint density at radius 3 is 2.73 bits per heavy atom. The number of piperidine rings is 1. The van der Waals surface area contributed by atoms with Gasteiger partial charge in [-0.15, -0.1) is 0 Å². The Hall–Kier alpha value is -1.92. The van der Waals surface area contributed by atoms with Crippen LogP contribution in [-0.2, 0) is 9.59 Å². The van der Waals surface area contributed by atoms with E-state index in [1.807, 2.05) is 35.2 Å². The molecule has 0 bridgehead atoms. The zero-order valence-electron chi connectivity index (χ0n) is 15.3. The third-order valence-corrected chi connectivity index (χ3v) is 5.51. The standard InChI is InChI=1S/C20H30N4O2/c21-12-17(16-7-2-1-3-8-16)20(26)24-11-5-6-15(14-24)13-23-19(25)18-9-4-10-22-18/h1-3,7-8,15,17-18,22H,4-6,9-14,21H2,(H,23,25). The predicted octanol–water partition coefficient (Wildman–Crippen LogP) is 0.836. The Bertz CT molecular complexity index is 601. The molecule has 3 rings (SSSR count). The first kappa shape index (κ1) is 18.9. The van der Waals surface area contributed by atoms with Gasteiger partial charge in [-0.2, -0.15) is 0 Å². The minimum absolute atomic E-state index is 0.0453. The summed E-state index contributed by atoms with van der Waals surface area (Å²) in [7, 11) is 0. The van der Waals surface area contributed by atoms with Crippen molar-refractivity contribution in [2.75, 3.05) is 32.7 Å². The molecule has 0 aliphatic carbocycles. The number of carbonyl (C=O) groups excluding carboxylic acids is 2. The van der Waals surface area contributed by atoms with Crippen molar-refractivity contribution in [2.24, 2.45) is 11.7 Å². The van der Waals surface area contributed by atoms with Crippen molar-refractivity contribution in [3.63, 3.8) is 0 Å². The summed E-state index contributed by atoms with van der Waals surface area (Å²) < 4.78 is 0. The maximum Gasteiger partial charge on any atom is 0.237 e. The molecule has 0 saturated carbocycles. The third kappa shape index (κ3) is 4.62. The second-order valence-corrected chi connectivity index (χ2v) is 7.39. The van der Waals surface area contributed by atoms with Crippen molar-refractivity contribution in [3.8, 4) is 0 Å². The van der Waals surface area contributed by atoms with Gasteiger partial charge in [-0.1, -0.05) is 30.3 Å². The molecular formula is C20H30N4O2. The van der Waals surface area contributed by atoms with E-state index < -0.39 is 0 Å². The highest BCUT2D eigenvalue weighted by Gasteiger charge is 2.30. The molecule has 2 saturated heterocycles. The van der Waals surface area contributed by atoms with Gasteiger partial charge in [-0.05, 0) is 43.7 Å². The van der Waals surface area contributed by atoms with Crippen LogP contribution in [0.2, 0.25) is 0 Å². The Kier molecular flexibility index (Phi) is 6.63. The lowest BCUT2D eigenvalue weighted by atomic mass is 9.93. The van der Waals surface area contributed by atoms with E-state index in [2.05, 4.69) is 10.6 Å². The SMILES string of the molecule is NCC(C(=O)N1CCCC(CNC(=O)C2CCCN2)C1)c1ccccc1. The van der Waals surface area contributed by atoms with Crippen LogP contribution in [0.25, 0.3) is 0 Å². The molecule has 3 atom stereocenters. The second-order valence-electron chi connectivity index (χ2n) is 7.39. The van der Waals surface area contributed by atoms with Crippen LogP contribution in [-0.4, -0.2) is 55.5 Å². The number of hydrogen-bond acceptors (Lipinski definition) is 4. The van der Waals surface area contributed by atoms with Crippen LogP contribution in [0.4, 0.5) is 0 Å². The van der Waals surface area contributed by atoms with Crippen molar-refractivity contribution < 1.29 is 9.59 Å². The first-order chi connectivity index (χ1) is 12.7. The monoisotopic (exact) mass is 358 g/mol. The van der Waals surface area contributed by atoms with Crippen molar-refractivity contribution in [1.29, 1.82) is 0 Å². The zero-order chi connectivity index (χ0) is 18.4. The van der Waals surface area contributed by atoms with Crippen molar-refractivity contribution in [3.05, 3.63) is 35.9 Å². The van der Waals surface area contributed by atoms with Crippen molar-refractivity contribution >= 4 is 11.8 Å². The minimum atomic E-state index is -0.285. The van der Waals surface area contributed by atoms with Gasteiger partial charge in [-0.25, -0.2) is 0 Å². The lowest BCUT2D eigenvalue weighted by molar-refractivity contribution is -0.134. The van der Waals surface area contributed by atoms with E-state index in [0.717, 1.165) is 44.3 Å². The molecule has 0 radical (unpaired) electrons. The highest BCUT2D eigenvalue weighted by molar-refractivity contribution is 5.84. The summed E-state index contributed by atoms with van der Waals surface area (Å²) in [4.78, 5) is 27.1. The van der Waals surface area contributed by atoms with Crippen molar-refractivity contribution in [1.82, 2.24) is 15.5 Å². The summed E-state index contributed by atoms with van der Waals surface area (Å²) in [6, 6.07) is 9.71. The summed E-state index contributed by atoms with van der Waals surface area (Å²) in [6.45, 7) is 3.34. The van der Waals surface area contributed by atoms with Crippen LogP contribution >= 0.6 is 0 Å². The van der Waals surface area contributed by atoms with Crippen LogP contribution in [0, 0.1) is 5.92 Å². The van der Waals surface area contributed by atoms with Gasteiger partial charge in [0.25, 0.3) is 0 Å². The lowest BCUT2D eigenvalue weighted by Gasteiger charge is -2.35.